The van der Waals surface area contributed by atoms with Crippen LogP contribution in [0.4, 0.5) is 5.69 Å². The van der Waals surface area contributed by atoms with Crippen molar-refractivity contribution in [1.29, 1.82) is 0 Å². The van der Waals surface area contributed by atoms with E-state index in [9.17, 15) is 4.79 Å². The summed E-state index contributed by atoms with van der Waals surface area (Å²) in [6, 6.07) is 0.364. The molecule has 10 heteroatoms. The Balaban J connectivity index is 1.57. The summed E-state index contributed by atoms with van der Waals surface area (Å²) < 4.78 is 0. The molecular weight excluding hydrogens is 393 g/mol. The maximum absolute atomic E-state index is 12.2. The zero-order chi connectivity index (χ0) is 17.4. The van der Waals surface area contributed by atoms with Crippen LogP contribution in [0.1, 0.15) is 36.2 Å². The Labute approximate surface area is 159 Å². The number of carbonyl (C=O) groups excluding carboxylic acids is 1. The molecule has 0 saturated heterocycles. The molecule has 3 atom stereocenters. The summed E-state index contributed by atoms with van der Waals surface area (Å²) in [5.41, 5.74) is 10.7. The zero-order valence-corrected chi connectivity index (χ0v) is 15.6. The number of nitrogens with one attached hydrogen (secondary N) is 3. The van der Waals surface area contributed by atoms with Gasteiger partial charge in [0.1, 0.15) is 5.02 Å². The Bertz CT molecular complexity index is 701. The molecule has 0 aliphatic heterocycles. The van der Waals surface area contributed by atoms with E-state index in [4.69, 9.17) is 52.8 Å². The molecule has 24 heavy (non-hydrogen) atoms. The lowest BCUT2D eigenvalue weighted by atomic mass is 9.96. The Hall–Kier alpha value is -1.02. The number of fused-ring (bicyclic) bond motifs is 2. The number of hydrogen-bond donors (Lipinski definition) is 4. The Morgan fingerprint density at radius 3 is 2.54 bits per heavy atom. The lowest BCUT2D eigenvalue weighted by molar-refractivity contribution is 0.0938. The molecule has 0 aromatic carbocycles. The van der Waals surface area contributed by atoms with Gasteiger partial charge < -0.3 is 11.1 Å². The van der Waals surface area contributed by atoms with E-state index in [0.29, 0.717) is 17.1 Å². The van der Waals surface area contributed by atoms with Crippen LogP contribution in [0, 0.1) is 11.8 Å². The first-order valence-corrected chi connectivity index (χ1v) is 9.07. The third-order valence-electron chi connectivity index (χ3n) is 4.63. The SMILES string of the molecule is Nc1c(Cl)c(Cl)nc(C(=O)NNC(=S)N[C@H]2C[C@H]3CC[C@H]2C3)c1Cl. The molecule has 1 aromatic rings. The first kappa shape index (κ1) is 17.8. The number of amides is 1. The van der Waals surface area contributed by atoms with Gasteiger partial charge in [-0.05, 0) is 43.3 Å². The Morgan fingerprint density at radius 1 is 1.17 bits per heavy atom. The van der Waals surface area contributed by atoms with Crippen molar-refractivity contribution in [2.24, 2.45) is 11.8 Å². The third kappa shape index (κ3) is 3.49. The predicted octanol–water partition coefficient (Wildman–Crippen LogP) is 2.92. The molecule has 2 aliphatic carbocycles. The maximum Gasteiger partial charge on any atom is 0.289 e. The van der Waals surface area contributed by atoms with Crippen LogP contribution in [0.3, 0.4) is 0 Å². The third-order valence-corrected chi connectivity index (χ3v) is 5.99. The summed E-state index contributed by atoms with van der Waals surface area (Å²) in [6.45, 7) is 0. The summed E-state index contributed by atoms with van der Waals surface area (Å²) in [5, 5.41) is 3.46. The smallest absolute Gasteiger partial charge is 0.289 e. The van der Waals surface area contributed by atoms with E-state index in [1.54, 1.807) is 0 Å². The van der Waals surface area contributed by atoms with E-state index < -0.39 is 5.91 Å². The lowest BCUT2D eigenvalue weighted by Crippen LogP contribution is -2.51. The molecule has 0 unspecified atom stereocenters. The Morgan fingerprint density at radius 2 is 1.92 bits per heavy atom. The predicted molar refractivity (Wildman–Crippen MR) is 99.3 cm³/mol. The highest BCUT2D eigenvalue weighted by Crippen LogP contribution is 2.44. The average molecular weight is 409 g/mol. The standard InChI is InChI=1S/C14H16Cl3N5OS/c15-8-10(18)9(16)12(17)20-11(8)13(23)21-22-14(24)19-7-4-5-1-2-6(7)3-5/h5-7H,1-4H2,(H2,18,20)(H,21,23)(H2,19,22,24)/t5-,6-,7-/m0/s1. The highest BCUT2D eigenvalue weighted by atomic mass is 35.5. The van der Waals surface area contributed by atoms with Gasteiger partial charge in [0.15, 0.2) is 16.0 Å². The second-order valence-electron chi connectivity index (χ2n) is 6.13. The monoisotopic (exact) mass is 407 g/mol. The van der Waals surface area contributed by atoms with E-state index in [2.05, 4.69) is 21.2 Å². The maximum atomic E-state index is 12.2. The van der Waals surface area contributed by atoms with Crippen molar-refractivity contribution in [3.05, 3.63) is 20.9 Å². The number of nitrogen functional groups attached to an aromatic ring is 1. The molecule has 2 saturated carbocycles. The number of carbonyl (C=O) groups is 1. The van der Waals surface area contributed by atoms with Crippen LogP contribution in [-0.2, 0) is 0 Å². The van der Waals surface area contributed by atoms with Gasteiger partial charge in [0.2, 0.25) is 0 Å². The van der Waals surface area contributed by atoms with Gasteiger partial charge in [-0.3, -0.25) is 15.6 Å². The summed E-state index contributed by atoms with van der Waals surface area (Å²) in [4.78, 5) is 16.0. The molecular formula is C14H16Cl3N5OS. The summed E-state index contributed by atoms with van der Waals surface area (Å²) >= 11 is 22.9. The number of nitrogens with zero attached hydrogens (tertiary/aromatic N) is 1. The Kier molecular flexibility index (Phi) is 5.24. The number of halogens is 3. The molecule has 3 rings (SSSR count). The van der Waals surface area contributed by atoms with Crippen molar-refractivity contribution in [2.45, 2.75) is 31.7 Å². The number of hydrogen-bond acceptors (Lipinski definition) is 4. The van der Waals surface area contributed by atoms with E-state index in [0.717, 1.165) is 12.3 Å². The number of thiocarbonyl (C=S) groups is 1. The minimum Gasteiger partial charge on any atom is -0.396 e. The first-order valence-electron chi connectivity index (χ1n) is 7.53. The molecule has 6 nitrogen and oxygen atoms in total. The topological polar surface area (TPSA) is 92.1 Å². The molecule has 2 aliphatic rings. The molecule has 1 heterocycles. The molecule has 5 N–H and O–H groups in total. The van der Waals surface area contributed by atoms with Gasteiger partial charge in [0, 0.05) is 6.04 Å². The molecule has 130 valence electrons. The normalized spacial score (nSPS) is 24.7. The van der Waals surface area contributed by atoms with Crippen molar-refractivity contribution < 1.29 is 4.79 Å². The van der Waals surface area contributed by atoms with Crippen LogP contribution < -0.4 is 21.9 Å². The summed E-state index contributed by atoms with van der Waals surface area (Å²) in [6.07, 6.45) is 4.92. The van der Waals surface area contributed by atoms with E-state index >= 15 is 0 Å². The largest absolute Gasteiger partial charge is 0.396 e. The highest BCUT2D eigenvalue weighted by Gasteiger charge is 2.39. The number of nitrogens with two attached hydrogens (primary N) is 1. The second-order valence-corrected chi connectivity index (χ2v) is 7.65. The summed E-state index contributed by atoms with van der Waals surface area (Å²) in [7, 11) is 0. The van der Waals surface area contributed by atoms with Gasteiger partial charge in [-0.2, -0.15) is 0 Å². The van der Waals surface area contributed by atoms with Crippen LogP contribution in [0.15, 0.2) is 0 Å². The highest BCUT2D eigenvalue weighted by molar-refractivity contribution is 7.80. The minimum absolute atomic E-state index is 0.00571. The van der Waals surface area contributed by atoms with E-state index in [1.165, 1.54) is 19.3 Å². The van der Waals surface area contributed by atoms with E-state index in [1.807, 2.05) is 0 Å². The minimum atomic E-state index is -0.609. The molecule has 1 amide bonds. The molecule has 0 radical (unpaired) electrons. The van der Waals surface area contributed by atoms with Gasteiger partial charge in [-0.15, -0.1) is 0 Å². The van der Waals surface area contributed by atoms with Crippen molar-refractivity contribution >= 4 is 63.7 Å². The number of aromatic nitrogens is 1. The van der Waals surface area contributed by atoms with Crippen molar-refractivity contribution in [3.8, 4) is 0 Å². The number of pyridine rings is 1. The molecule has 2 fully saturated rings. The van der Waals surface area contributed by atoms with Gasteiger partial charge >= 0.3 is 0 Å². The number of hydrazine groups is 1. The van der Waals surface area contributed by atoms with Gasteiger partial charge in [0.05, 0.1) is 10.7 Å². The molecule has 0 spiro atoms. The fourth-order valence-corrected chi connectivity index (χ4v) is 4.28. The van der Waals surface area contributed by atoms with Gasteiger partial charge in [-0.1, -0.05) is 41.2 Å². The van der Waals surface area contributed by atoms with Crippen molar-refractivity contribution in [2.75, 3.05) is 5.73 Å². The number of rotatable bonds is 2. The zero-order valence-electron chi connectivity index (χ0n) is 12.5. The van der Waals surface area contributed by atoms with Crippen molar-refractivity contribution in [3.63, 3.8) is 0 Å². The fraction of sp³-hybridized carbons (Fsp3) is 0.500. The van der Waals surface area contributed by atoms with Crippen LogP contribution >= 0.6 is 47.0 Å². The fourth-order valence-electron chi connectivity index (χ4n) is 3.48. The molecule has 2 bridgehead atoms. The van der Waals surface area contributed by atoms with Crippen molar-refractivity contribution in [1.82, 2.24) is 21.2 Å². The van der Waals surface area contributed by atoms with E-state index in [-0.39, 0.29) is 26.6 Å². The second kappa shape index (κ2) is 7.07. The van der Waals surface area contributed by atoms with Gasteiger partial charge in [0.25, 0.3) is 5.91 Å². The van der Waals surface area contributed by atoms with Crippen LogP contribution in [0.5, 0.6) is 0 Å². The number of anilines is 1. The lowest BCUT2D eigenvalue weighted by Gasteiger charge is -2.24. The molecule has 1 aromatic heterocycles. The quantitative estimate of drug-likeness (QED) is 0.342. The first-order chi connectivity index (χ1) is 11.4. The van der Waals surface area contributed by atoms with Gasteiger partial charge in [-0.25, -0.2) is 4.98 Å². The summed E-state index contributed by atoms with van der Waals surface area (Å²) in [5.74, 6) is 0.853. The van der Waals surface area contributed by atoms with Crippen LogP contribution in [0.2, 0.25) is 15.2 Å². The average Bonchev–Trinajstić information content (AvgIpc) is 3.16. The van der Waals surface area contributed by atoms with Crippen LogP contribution in [-0.4, -0.2) is 22.0 Å². The van der Waals surface area contributed by atoms with Crippen LogP contribution in [0.25, 0.3) is 0 Å².